The van der Waals surface area contributed by atoms with Crippen molar-refractivity contribution in [3.05, 3.63) is 52.5 Å². The summed E-state index contributed by atoms with van der Waals surface area (Å²) >= 11 is 5.99. The number of rotatable bonds is 1. The topological polar surface area (TPSA) is 61.0 Å². The molecule has 0 saturated heterocycles. The zero-order valence-electron chi connectivity index (χ0n) is 11.1. The Bertz CT molecular complexity index is 864. The quantitative estimate of drug-likeness (QED) is 0.746. The molecule has 0 unspecified atom stereocenters. The molecule has 2 aromatic carbocycles. The Morgan fingerprint density at radius 1 is 1.00 bits per heavy atom. The highest BCUT2D eigenvalue weighted by atomic mass is 35.5. The van der Waals surface area contributed by atoms with Gasteiger partial charge in [0, 0.05) is 16.0 Å². The lowest BCUT2D eigenvalue weighted by atomic mass is 10.1. The maximum Gasteiger partial charge on any atom is 0.162 e. The van der Waals surface area contributed by atoms with Crippen molar-refractivity contribution in [1.82, 2.24) is 9.97 Å². The van der Waals surface area contributed by atoms with E-state index in [1.807, 2.05) is 12.1 Å². The maximum absolute atomic E-state index is 6.04. The number of halogens is 1. The van der Waals surface area contributed by atoms with E-state index < -0.39 is 0 Å². The Morgan fingerprint density at radius 2 is 1.86 bits per heavy atom. The lowest BCUT2D eigenvalue weighted by Gasteiger charge is -2.07. The van der Waals surface area contributed by atoms with E-state index in [0.29, 0.717) is 29.9 Å². The van der Waals surface area contributed by atoms with Crippen LogP contribution in [0.1, 0.15) is 11.1 Å². The Balaban J connectivity index is 1.89. The molecule has 0 amide bonds. The Morgan fingerprint density at radius 3 is 2.76 bits per heavy atom. The van der Waals surface area contributed by atoms with Crippen molar-refractivity contribution < 1.29 is 4.74 Å². The predicted molar refractivity (Wildman–Crippen MR) is 82.9 cm³/mol. The van der Waals surface area contributed by atoms with Crippen LogP contribution in [-0.4, -0.2) is 9.97 Å². The molecule has 5 heteroatoms. The molecule has 0 aliphatic carbocycles. The van der Waals surface area contributed by atoms with Crippen molar-refractivity contribution in [3.8, 4) is 11.4 Å². The molecule has 21 heavy (non-hydrogen) atoms. The van der Waals surface area contributed by atoms with Crippen LogP contribution in [-0.2, 0) is 18.0 Å². The van der Waals surface area contributed by atoms with Crippen molar-refractivity contribution in [2.24, 2.45) is 0 Å². The average Bonchev–Trinajstić information content (AvgIpc) is 2.95. The molecule has 0 atom stereocenters. The van der Waals surface area contributed by atoms with Gasteiger partial charge in [0.15, 0.2) is 5.82 Å². The van der Waals surface area contributed by atoms with Gasteiger partial charge in [-0.2, -0.15) is 0 Å². The third kappa shape index (κ3) is 2.13. The second kappa shape index (κ2) is 4.69. The minimum Gasteiger partial charge on any atom is -0.383 e. The summed E-state index contributed by atoms with van der Waals surface area (Å²) in [4.78, 5) is 8.99. The molecular formula is C16H12ClN3O. The van der Waals surface area contributed by atoms with Crippen LogP contribution in [0.25, 0.3) is 22.3 Å². The fourth-order valence-electron chi connectivity index (χ4n) is 2.56. The highest BCUT2D eigenvalue weighted by Gasteiger charge is 2.14. The molecule has 4 nitrogen and oxygen atoms in total. The number of aromatic nitrogens is 2. The average molecular weight is 298 g/mol. The van der Waals surface area contributed by atoms with E-state index in [-0.39, 0.29) is 0 Å². The van der Waals surface area contributed by atoms with E-state index in [4.69, 9.17) is 22.1 Å². The Hall–Kier alpha value is -2.17. The van der Waals surface area contributed by atoms with E-state index in [1.165, 1.54) is 11.1 Å². The van der Waals surface area contributed by atoms with Crippen LogP contribution in [0, 0.1) is 0 Å². The molecular weight excluding hydrogens is 286 g/mol. The molecule has 104 valence electrons. The SMILES string of the molecule is Nc1nc(-c2ccc3c(c2)COC3)nc2ccc(Cl)cc12. The molecule has 1 aromatic heterocycles. The summed E-state index contributed by atoms with van der Waals surface area (Å²) in [5.74, 6) is 1.06. The van der Waals surface area contributed by atoms with Gasteiger partial charge in [-0.1, -0.05) is 23.7 Å². The summed E-state index contributed by atoms with van der Waals surface area (Å²) in [7, 11) is 0. The van der Waals surface area contributed by atoms with Crippen LogP contribution in [0.5, 0.6) is 0 Å². The van der Waals surface area contributed by atoms with Crippen molar-refractivity contribution in [3.63, 3.8) is 0 Å². The Labute approximate surface area is 126 Å². The van der Waals surface area contributed by atoms with E-state index in [2.05, 4.69) is 22.1 Å². The minimum absolute atomic E-state index is 0.439. The maximum atomic E-state index is 6.04. The molecule has 2 N–H and O–H groups in total. The number of anilines is 1. The van der Waals surface area contributed by atoms with Crippen molar-refractivity contribution in [2.75, 3.05) is 5.73 Å². The monoisotopic (exact) mass is 297 g/mol. The normalized spacial score (nSPS) is 13.6. The van der Waals surface area contributed by atoms with Crippen LogP contribution in [0.3, 0.4) is 0 Å². The summed E-state index contributed by atoms with van der Waals surface area (Å²) < 4.78 is 5.43. The second-order valence-corrected chi connectivity index (χ2v) is 5.51. The number of nitrogens with zero attached hydrogens (tertiary/aromatic N) is 2. The first-order valence-electron chi connectivity index (χ1n) is 6.63. The summed E-state index contributed by atoms with van der Waals surface area (Å²) in [6.07, 6.45) is 0. The highest BCUT2D eigenvalue weighted by molar-refractivity contribution is 6.31. The first-order chi connectivity index (χ1) is 10.2. The molecule has 3 aromatic rings. The van der Waals surface area contributed by atoms with E-state index in [0.717, 1.165) is 16.5 Å². The van der Waals surface area contributed by atoms with Gasteiger partial charge >= 0.3 is 0 Å². The van der Waals surface area contributed by atoms with Gasteiger partial charge in [-0.15, -0.1) is 0 Å². The molecule has 0 bridgehead atoms. The second-order valence-electron chi connectivity index (χ2n) is 5.07. The van der Waals surface area contributed by atoms with Gasteiger partial charge < -0.3 is 10.5 Å². The van der Waals surface area contributed by atoms with E-state index >= 15 is 0 Å². The molecule has 0 radical (unpaired) electrons. The number of benzene rings is 2. The molecule has 4 rings (SSSR count). The predicted octanol–water partition coefficient (Wildman–Crippen LogP) is 3.56. The summed E-state index contributed by atoms with van der Waals surface area (Å²) in [5, 5.41) is 1.40. The van der Waals surface area contributed by atoms with Crippen LogP contribution in [0.15, 0.2) is 36.4 Å². The number of nitrogen functional groups attached to an aromatic ring is 1. The first-order valence-corrected chi connectivity index (χ1v) is 7.01. The van der Waals surface area contributed by atoms with Crippen LogP contribution in [0.4, 0.5) is 5.82 Å². The van der Waals surface area contributed by atoms with Crippen molar-refractivity contribution >= 4 is 28.3 Å². The van der Waals surface area contributed by atoms with Crippen LogP contribution in [0.2, 0.25) is 5.02 Å². The van der Waals surface area contributed by atoms with E-state index in [9.17, 15) is 0 Å². The third-order valence-electron chi connectivity index (χ3n) is 3.67. The van der Waals surface area contributed by atoms with Gasteiger partial charge in [-0.25, -0.2) is 9.97 Å². The molecule has 1 aliphatic heterocycles. The molecule has 1 aliphatic rings. The fraction of sp³-hybridized carbons (Fsp3) is 0.125. The minimum atomic E-state index is 0.439. The van der Waals surface area contributed by atoms with Gasteiger partial charge in [0.05, 0.1) is 18.7 Å². The lowest BCUT2D eigenvalue weighted by Crippen LogP contribution is -1.98. The summed E-state index contributed by atoms with van der Waals surface area (Å²) in [6.45, 7) is 1.32. The van der Waals surface area contributed by atoms with Gasteiger partial charge in [-0.05, 0) is 35.4 Å². The van der Waals surface area contributed by atoms with Crippen LogP contribution < -0.4 is 5.73 Å². The number of hydrogen-bond donors (Lipinski definition) is 1. The summed E-state index contributed by atoms with van der Waals surface area (Å²) in [6, 6.07) is 11.6. The smallest absolute Gasteiger partial charge is 0.162 e. The largest absolute Gasteiger partial charge is 0.383 e. The van der Waals surface area contributed by atoms with E-state index in [1.54, 1.807) is 12.1 Å². The number of ether oxygens (including phenoxy) is 1. The van der Waals surface area contributed by atoms with Crippen molar-refractivity contribution in [1.29, 1.82) is 0 Å². The number of fused-ring (bicyclic) bond motifs is 2. The standard InChI is InChI=1S/C16H12ClN3O/c17-12-3-4-14-13(6-12)15(18)20-16(19-14)9-1-2-10-7-21-8-11(10)5-9/h1-6H,7-8H2,(H2,18,19,20). The third-order valence-corrected chi connectivity index (χ3v) is 3.90. The van der Waals surface area contributed by atoms with Gasteiger partial charge in [0.25, 0.3) is 0 Å². The number of nitrogens with two attached hydrogens (primary N) is 1. The molecule has 0 spiro atoms. The summed E-state index contributed by atoms with van der Waals surface area (Å²) in [5.41, 5.74) is 10.2. The Kier molecular flexibility index (Phi) is 2.80. The van der Waals surface area contributed by atoms with Gasteiger partial charge in [-0.3, -0.25) is 0 Å². The van der Waals surface area contributed by atoms with Gasteiger partial charge in [0.2, 0.25) is 0 Å². The molecule has 0 saturated carbocycles. The fourth-order valence-corrected chi connectivity index (χ4v) is 2.74. The number of hydrogen-bond acceptors (Lipinski definition) is 4. The van der Waals surface area contributed by atoms with Gasteiger partial charge in [0.1, 0.15) is 5.82 Å². The lowest BCUT2D eigenvalue weighted by molar-refractivity contribution is 0.134. The zero-order valence-corrected chi connectivity index (χ0v) is 11.9. The van der Waals surface area contributed by atoms with Crippen LogP contribution >= 0.6 is 11.6 Å². The molecule has 0 fully saturated rings. The highest BCUT2D eigenvalue weighted by Crippen LogP contribution is 2.28. The molecule has 2 heterocycles. The van der Waals surface area contributed by atoms with Crippen molar-refractivity contribution in [2.45, 2.75) is 13.2 Å². The first kappa shape index (κ1) is 12.6. The zero-order chi connectivity index (χ0) is 14.4.